The van der Waals surface area contributed by atoms with E-state index in [1.807, 2.05) is 0 Å². The van der Waals surface area contributed by atoms with Gasteiger partial charge in [0.05, 0.1) is 0 Å². The molecule has 0 aliphatic carbocycles. The molecule has 0 heterocycles. The summed E-state index contributed by atoms with van der Waals surface area (Å²) in [7, 11) is 0. The molecule has 0 aliphatic rings. The second-order valence-corrected chi connectivity index (χ2v) is 4.19. The van der Waals surface area contributed by atoms with E-state index in [4.69, 9.17) is 0 Å². The van der Waals surface area contributed by atoms with Crippen LogP contribution in [0.5, 0.6) is 0 Å². The summed E-state index contributed by atoms with van der Waals surface area (Å²) < 4.78 is 10.5. The fourth-order valence-electron chi connectivity index (χ4n) is 1.30. The molecule has 0 spiro atoms. The second kappa shape index (κ2) is 9.11. The van der Waals surface area contributed by atoms with Crippen LogP contribution in [0.4, 0.5) is 0 Å². The van der Waals surface area contributed by atoms with E-state index in [1.54, 1.807) is 0 Å². The predicted octanol–water partition coefficient (Wildman–Crippen LogP) is 3.55. The van der Waals surface area contributed by atoms with Crippen LogP contribution >= 0.6 is 0 Å². The molecule has 0 rings (SSSR count). The Labute approximate surface area is 80.4 Å². The van der Waals surface area contributed by atoms with Crippen molar-refractivity contribution in [2.45, 2.75) is 64.0 Å². The zero-order valence-electron chi connectivity index (χ0n) is 8.34. The van der Waals surface area contributed by atoms with Gasteiger partial charge in [-0.1, -0.05) is 39.5 Å². The average Bonchev–Trinajstić information content (AvgIpc) is 2.11. The molecular formula is C10H21OS+. The Morgan fingerprint density at radius 3 is 2.25 bits per heavy atom. The van der Waals surface area contributed by atoms with Crippen molar-refractivity contribution in [1.29, 1.82) is 0 Å². The van der Waals surface area contributed by atoms with Crippen molar-refractivity contribution in [1.82, 2.24) is 0 Å². The molecule has 1 atom stereocenters. The highest BCUT2D eigenvalue weighted by atomic mass is 32.1. The lowest BCUT2D eigenvalue weighted by atomic mass is 10.1. The molecule has 0 aromatic carbocycles. The number of hydrogen-bond donors (Lipinski definition) is 0. The van der Waals surface area contributed by atoms with Gasteiger partial charge in [0.1, 0.15) is 0 Å². The third kappa shape index (κ3) is 6.71. The summed E-state index contributed by atoms with van der Waals surface area (Å²) in [5, 5.41) is 0.367. The van der Waals surface area contributed by atoms with Crippen LogP contribution in [-0.2, 0) is 15.9 Å². The lowest BCUT2D eigenvalue weighted by Gasteiger charge is -1.98. The maximum Gasteiger partial charge on any atom is 0.462 e. The fourth-order valence-corrected chi connectivity index (χ4v) is 1.69. The van der Waals surface area contributed by atoms with Gasteiger partial charge in [0.15, 0.2) is 0 Å². The van der Waals surface area contributed by atoms with Crippen LogP contribution < -0.4 is 0 Å². The van der Waals surface area contributed by atoms with Gasteiger partial charge < -0.3 is 0 Å². The molecule has 0 aliphatic heterocycles. The minimum absolute atomic E-state index is 0.367. The van der Waals surface area contributed by atoms with Crippen LogP contribution in [0.1, 0.15) is 58.8 Å². The smallest absolute Gasteiger partial charge is 0.0654 e. The maximum atomic E-state index is 10.5. The van der Waals surface area contributed by atoms with Gasteiger partial charge >= 0.3 is 11.7 Å². The normalized spacial score (nSPS) is 12.8. The lowest BCUT2D eigenvalue weighted by Crippen LogP contribution is -2.02. The maximum absolute atomic E-state index is 10.5. The quantitative estimate of drug-likeness (QED) is 0.421. The minimum atomic E-state index is 0.367. The molecule has 0 fully saturated rings. The minimum Gasteiger partial charge on any atom is -0.0654 e. The van der Waals surface area contributed by atoms with Crippen molar-refractivity contribution in [3.05, 3.63) is 0 Å². The predicted molar refractivity (Wildman–Crippen MR) is 55.5 cm³/mol. The number of rotatable bonds is 8. The summed E-state index contributed by atoms with van der Waals surface area (Å²) in [4.78, 5) is 0. The molecule has 0 saturated carbocycles. The molecule has 0 aromatic heterocycles. The zero-order chi connectivity index (χ0) is 9.23. The SMILES string of the molecule is CCCCCCCC(CC)[S+]=O. The largest absolute Gasteiger partial charge is 0.462 e. The van der Waals surface area contributed by atoms with Gasteiger partial charge in [0.2, 0.25) is 5.25 Å². The summed E-state index contributed by atoms with van der Waals surface area (Å²) in [5.74, 6) is 0. The first-order valence-corrected chi connectivity index (χ1v) is 5.94. The Morgan fingerprint density at radius 1 is 1.08 bits per heavy atom. The van der Waals surface area contributed by atoms with E-state index in [2.05, 4.69) is 13.8 Å². The highest BCUT2D eigenvalue weighted by Crippen LogP contribution is 2.09. The molecule has 0 amide bonds. The topological polar surface area (TPSA) is 17.1 Å². The summed E-state index contributed by atoms with van der Waals surface area (Å²) >= 11 is 0.784. The number of unbranched alkanes of at least 4 members (excludes halogenated alkanes) is 4. The van der Waals surface area contributed by atoms with Crippen molar-refractivity contribution in [3.8, 4) is 0 Å². The lowest BCUT2D eigenvalue weighted by molar-refractivity contribution is 0.566. The third-order valence-corrected chi connectivity index (χ3v) is 3.06. The average molecular weight is 189 g/mol. The van der Waals surface area contributed by atoms with Crippen LogP contribution in [0.3, 0.4) is 0 Å². The zero-order valence-corrected chi connectivity index (χ0v) is 9.16. The molecule has 12 heavy (non-hydrogen) atoms. The first-order chi connectivity index (χ1) is 5.85. The van der Waals surface area contributed by atoms with Crippen LogP contribution in [0.2, 0.25) is 0 Å². The van der Waals surface area contributed by atoms with Gasteiger partial charge in [-0.3, -0.25) is 0 Å². The summed E-state index contributed by atoms with van der Waals surface area (Å²) in [6.07, 6.45) is 8.69. The molecule has 72 valence electrons. The van der Waals surface area contributed by atoms with E-state index in [-0.39, 0.29) is 0 Å². The van der Waals surface area contributed by atoms with Gasteiger partial charge in [-0.2, -0.15) is 0 Å². The van der Waals surface area contributed by atoms with Crippen LogP contribution in [0.25, 0.3) is 0 Å². The van der Waals surface area contributed by atoms with Crippen LogP contribution in [-0.4, -0.2) is 5.25 Å². The van der Waals surface area contributed by atoms with Crippen molar-refractivity contribution in [2.24, 2.45) is 0 Å². The third-order valence-electron chi connectivity index (χ3n) is 2.22. The first-order valence-electron chi connectivity index (χ1n) is 5.13. The first kappa shape index (κ1) is 12.0. The highest BCUT2D eigenvalue weighted by Gasteiger charge is 2.17. The van der Waals surface area contributed by atoms with Crippen LogP contribution in [0.15, 0.2) is 0 Å². The van der Waals surface area contributed by atoms with Crippen molar-refractivity contribution >= 4 is 11.7 Å². The van der Waals surface area contributed by atoms with Gasteiger partial charge in [0, 0.05) is 17.1 Å². The molecule has 1 unspecified atom stereocenters. The molecular weight excluding hydrogens is 168 g/mol. The van der Waals surface area contributed by atoms with E-state index < -0.39 is 0 Å². The standard InChI is InChI=1S/C10H21OS/c1-3-5-6-7-8-9-10(4-2)12-11/h10H,3-9H2,1-2H3/q+1. The fraction of sp³-hybridized carbons (Fsp3) is 1.00. The second-order valence-electron chi connectivity index (χ2n) is 3.33. The molecule has 0 N–H and O–H groups in total. The number of hydrogen-bond acceptors (Lipinski definition) is 1. The summed E-state index contributed by atoms with van der Waals surface area (Å²) in [6.45, 7) is 4.32. The monoisotopic (exact) mass is 189 g/mol. The highest BCUT2D eigenvalue weighted by molar-refractivity contribution is 7.66. The van der Waals surface area contributed by atoms with Crippen molar-refractivity contribution in [3.63, 3.8) is 0 Å². The Bertz CT molecular complexity index is 104. The van der Waals surface area contributed by atoms with E-state index >= 15 is 0 Å². The Hall–Kier alpha value is 0.0200. The van der Waals surface area contributed by atoms with Crippen molar-refractivity contribution in [2.75, 3.05) is 0 Å². The molecule has 2 heteroatoms. The molecule has 0 saturated heterocycles. The van der Waals surface area contributed by atoms with Gasteiger partial charge in [-0.25, -0.2) is 0 Å². The van der Waals surface area contributed by atoms with E-state index in [0.29, 0.717) is 5.25 Å². The molecule has 0 bridgehead atoms. The van der Waals surface area contributed by atoms with E-state index in [9.17, 15) is 4.21 Å². The van der Waals surface area contributed by atoms with Crippen LogP contribution in [0, 0.1) is 0 Å². The molecule has 0 radical (unpaired) electrons. The molecule has 1 nitrogen and oxygen atoms in total. The van der Waals surface area contributed by atoms with Gasteiger partial charge in [-0.15, -0.1) is 0 Å². The summed E-state index contributed by atoms with van der Waals surface area (Å²) in [6, 6.07) is 0. The Balaban J connectivity index is 3.12. The Morgan fingerprint density at radius 2 is 1.75 bits per heavy atom. The molecule has 0 aromatic rings. The summed E-state index contributed by atoms with van der Waals surface area (Å²) in [5.41, 5.74) is 0. The van der Waals surface area contributed by atoms with Crippen molar-refractivity contribution < 1.29 is 4.21 Å². The Kier molecular flexibility index (Phi) is 9.13. The van der Waals surface area contributed by atoms with Gasteiger partial charge in [-0.05, 0) is 6.42 Å². The van der Waals surface area contributed by atoms with Gasteiger partial charge in [0.25, 0.3) is 0 Å². The van der Waals surface area contributed by atoms with E-state index in [1.165, 1.54) is 32.1 Å². The van der Waals surface area contributed by atoms with E-state index in [0.717, 1.165) is 24.5 Å².